The van der Waals surface area contributed by atoms with Crippen molar-refractivity contribution in [1.82, 2.24) is 14.9 Å². The predicted octanol–water partition coefficient (Wildman–Crippen LogP) is 4.97. The van der Waals surface area contributed by atoms with Gasteiger partial charge in [-0.3, -0.25) is 9.59 Å². The monoisotopic (exact) mass is 523 g/mol. The van der Waals surface area contributed by atoms with Gasteiger partial charge in [0.05, 0.1) is 5.56 Å². The summed E-state index contributed by atoms with van der Waals surface area (Å²) in [4.78, 5) is 38.7. The second-order valence-corrected chi connectivity index (χ2v) is 10.5. The van der Waals surface area contributed by atoms with Gasteiger partial charge in [0.1, 0.15) is 0 Å². The highest BCUT2D eigenvalue weighted by Crippen LogP contribution is 2.30. The summed E-state index contributed by atoms with van der Waals surface area (Å²) in [6.07, 6.45) is 10.2. The number of benzene rings is 2. The molecule has 2 aromatic carbocycles. The average Bonchev–Trinajstić information content (AvgIpc) is 3.39. The van der Waals surface area contributed by atoms with Crippen molar-refractivity contribution < 1.29 is 9.59 Å². The van der Waals surface area contributed by atoms with Gasteiger partial charge >= 0.3 is 0 Å². The normalized spacial score (nSPS) is 15.1. The van der Waals surface area contributed by atoms with Gasteiger partial charge in [-0.05, 0) is 59.9 Å². The molecule has 0 bridgehead atoms. The van der Waals surface area contributed by atoms with Gasteiger partial charge in [-0.2, -0.15) is 0 Å². The quantitative estimate of drug-likeness (QED) is 0.298. The summed E-state index contributed by atoms with van der Waals surface area (Å²) in [5.74, 6) is 1.29. The Morgan fingerprint density at radius 1 is 1.03 bits per heavy atom. The number of aromatic nitrogens is 2. The van der Waals surface area contributed by atoms with Crippen LogP contribution in [0, 0.1) is 5.92 Å². The Hall–Kier alpha value is -4.00. The maximum absolute atomic E-state index is 12.8. The molecule has 3 aromatic rings. The Balaban J connectivity index is 1.12. The minimum atomic E-state index is -0.0457. The van der Waals surface area contributed by atoms with Gasteiger partial charge in [-0.25, -0.2) is 9.97 Å². The smallest absolute Gasteiger partial charge is 0.225 e. The van der Waals surface area contributed by atoms with Crippen molar-refractivity contribution in [3.8, 4) is 0 Å². The number of carbonyl (C=O) groups is 2. The molecule has 0 atom stereocenters. The Bertz CT molecular complexity index is 1340. The maximum atomic E-state index is 12.8. The summed E-state index contributed by atoms with van der Waals surface area (Å²) < 4.78 is 0. The number of anilines is 2. The number of hydrogen-bond acceptors (Lipinski definition) is 6. The number of piperidine rings is 1. The molecule has 0 saturated carbocycles. The molecule has 1 aliphatic heterocycles. The summed E-state index contributed by atoms with van der Waals surface area (Å²) in [5.41, 5.74) is 12.0. The minimum absolute atomic E-state index is 0.0457. The summed E-state index contributed by atoms with van der Waals surface area (Å²) in [6, 6.07) is 16.0. The molecule has 0 unspecified atom stereocenters. The molecule has 2 aliphatic rings. The van der Waals surface area contributed by atoms with Crippen molar-refractivity contribution in [3.63, 3.8) is 0 Å². The van der Waals surface area contributed by atoms with E-state index in [4.69, 9.17) is 5.73 Å². The minimum Gasteiger partial charge on any atom is -0.398 e. The zero-order chi connectivity index (χ0) is 27.2. The highest BCUT2D eigenvalue weighted by atomic mass is 16.2. The van der Waals surface area contributed by atoms with Crippen LogP contribution in [0.15, 0.2) is 67.0 Å². The largest absolute Gasteiger partial charge is 0.398 e. The Kier molecular flexibility index (Phi) is 8.35. The van der Waals surface area contributed by atoms with Crippen LogP contribution in [-0.2, 0) is 17.6 Å². The molecular formula is C32H37N5O2. The number of nitrogens with two attached hydrogens (primary N) is 1. The van der Waals surface area contributed by atoms with E-state index in [0.717, 1.165) is 57.4 Å². The van der Waals surface area contributed by atoms with E-state index in [9.17, 15) is 9.59 Å². The molecule has 39 heavy (non-hydrogen) atoms. The number of nitrogen functional groups attached to an aromatic ring is 1. The van der Waals surface area contributed by atoms with Gasteiger partial charge < -0.3 is 15.5 Å². The van der Waals surface area contributed by atoms with Crippen LogP contribution in [0.4, 0.5) is 11.6 Å². The van der Waals surface area contributed by atoms with Crippen molar-refractivity contribution in [2.24, 2.45) is 5.92 Å². The van der Waals surface area contributed by atoms with Crippen LogP contribution in [0.25, 0.3) is 5.57 Å². The predicted molar refractivity (Wildman–Crippen MR) is 155 cm³/mol. The third kappa shape index (κ3) is 6.36. The van der Waals surface area contributed by atoms with E-state index in [1.807, 2.05) is 25.1 Å². The number of Topliss-reactive ketones (excluding diaryl/α,β-unsaturated/α-hetero) is 1. The second kappa shape index (κ2) is 12.2. The van der Waals surface area contributed by atoms with Crippen LogP contribution >= 0.6 is 0 Å². The Morgan fingerprint density at radius 2 is 1.74 bits per heavy atom. The lowest BCUT2D eigenvalue weighted by Gasteiger charge is -2.35. The van der Waals surface area contributed by atoms with Gasteiger partial charge in [0.25, 0.3) is 0 Å². The lowest BCUT2D eigenvalue weighted by Crippen LogP contribution is -2.41. The SMILES string of the molecule is CCC(=O)N(CCC1=CCc2ccccc21)CC1CCN(c2ncc(C(=O)Cc3ccccc3N)cn2)CC1. The molecule has 1 amide bonds. The molecule has 7 nitrogen and oxygen atoms in total. The standard InChI is InChI=1S/C32H37N5O2/c1-2-31(39)37(18-15-25-12-11-24-7-3-5-9-28(24)25)22-23-13-16-36(17-14-23)32-34-20-27(21-35-32)30(38)19-26-8-4-6-10-29(26)33/h3-10,12,20-21,23H,2,11,13-19,22,33H2,1H3. The molecule has 1 saturated heterocycles. The van der Waals surface area contributed by atoms with Crippen LogP contribution in [0.1, 0.15) is 59.7 Å². The van der Waals surface area contributed by atoms with Crippen LogP contribution < -0.4 is 10.6 Å². The van der Waals surface area contributed by atoms with Crippen LogP contribution in [0.3, 0.4) is 0 Å². The molecule has 1 aromatic heterocycles. The fourth-order valence-corrected chi connectivity index (χ4v) is 5.61. The molecule has 202 valence electrons. The van der Waals surface area contributed by atoms with E-state index in [-0.39, 0.29) is 18.1 Å². The summed E-state index contributed by atoms with van der Waals surface area (Å²) in [5, 5.41) is 0. The third-order valence-corrected chi connectivity index (χ3v) is 7.98. The lowest BCUT2D eigenvalue weighted by atomic mass is 9.95. The molecule has 1 aliphatic carbocycles. The molecule has 0 radical (unpaired) electrons. The van der Waals surface area contributed by atoms with E-state index in [2.05, 4.69) is 50.1 Å². The molecule has 0 spiro atoms. The number of fused-ring (bicyclic) bond motifs is 1. The van der Waals surface area contributed by atoms with Gasteiger partial charge in [0.15, 0.2) is 5.78 Å². The summed E-state index contributed by atoms with van der Waals surface area (Å²) >= 11 is 0. The number of nitrogens with zero attached hydrogens (tertiary/aromatic N) is 4. The molecule has 2 heterocycles. The fourth-order valence-electron chi connectivity index (χ4n) is 5.61. The third-order valence-electron chi connectivity index (χ3n) is 7.98. The molecule has 7 heteroatoms. The number of allylic oxidation sites excluding steroid dienone is 1. The van der Waals surface area contributed by atoms with Crippen molar-refractivity contribution in [2.45, 2.75) is 45.4 Å². The number of para-hydroxylation sites is 1. The van der Waals surface area contributed by atoms with E-state index >= 15 is 0 Å². The van der Waals surface area contributed by atoms with Crippen LogP contribution in [0.2, 0.25) is 0 Å². The van der Waals surface area contributed by atoms with Gasteiger partial charge in [0.2, 0.25) is 11.9 Å². The Labute approximate surface area is 230 Å². The Morgan fingerprint density at radius 3 is 2.49 bits per heavy atom. The zero-order valence-electron chi connectivity index (χ0n) is 22.7. The molecular weight excluding hydrogens is 486 g/mol. The van der Waals surface area contributed by atoms with Crippen molar-refractivity contribution >= 4 is 28.9 Å². The first-order valence-corrected chi connectivity index (χ1v) is 14.0. The second-order valence-electron chi connectivity index (χ2n) is 10.5. The van der Waals surface area contributed by atoms with Crippen LogP contribution in [0.5, 0.6) is 0 Å². The summed E-state index contributed by atoms with van der Waals surface area (Å²) in [7, 11) is 0. The molecule has 1 fully saturated rings. The highest BCUT2D eigenvalue weighted by Gasteiger charge is 2.25. The van der Waals surface area contributed by atoms with E-state index in [1.54, 1.807) is 18.5 Å². The first kappa shape index (κ1) is 26.6. The lowest BCUT2D eigenvalue weighted by molar-refractivity contribution is -0.131. The number of carbonyl (C=O) groups excluding carboxylic acids is 2. The molecule has 5 rings (SSSR count). The number of rotatable bonds is 10. The maximum Gasteiger partial charge on any atom is 0.225 e. The number of amides is 1. The van der Waals surface area contributed by atoms with Gasteiger partial charge in [0, 0.05) is 57.1 Å². The highest BCUT2D eigenvalue weighted by molar-refractivity contribution is 5.97. The average molecular weight is 524 g/mol. The van der Waals surface area contributed by atoms with E-state index in [0.29, 0.717) is 29.5 Å². The first-order valence-electron chi connectivity index (χ1n) is 14.0. The van der Waals surface area contributed by atoms with Crippen LogP contribution in [-0.4, -0.2) is 52.7 Å². The fraction of sp³-hybridized carbons (Fsp3) is 0.375. The topological polar surface area (TPSA) is 92.4 Å². The van der Waals surface area contributed by atoms with Crippen molar-refractivity contribution in [1.29, 1.82) is 0 Å². The van der Waals surface area contributed by atoms with Crippen molar-refractivity contribution in [2.75, 3.05) is 36.8 Å². The first-order chi connectivity index (χ1) is 19.0. The zero-order valence-corrected chi connectivity index (χ0v) is 22.7. The molecule has 2 N–H and O–H groups in total. The number of hydrogen-bond donors (Lipinski definition) is 1. The van der Waals surface area contributed by atoms with Gasteiger partial charge in [-0.1, -0.05) is 55.5 Å². The van der Waals surface area contributed by atoms with Gasteiger partial charge in [-0.15, -0.1) is 0 Å². The van der Waals surface area contributed by atoms with E-state index < -0.39 is 0 Å². The van der Waals surface area contributed by atoms with E-state index in [1.165, 1.54) is 16.7 Å². The summed E-state index contributed by atoms with van der Waals surface area (Å²) in [6.45, 7) is 5.19. The van der Waals surface area contributed by atoms with Crippen molar-refractivity contribution in [3.05, 3.63) is 89.3 Å². The number of ketones is 1.